The second-order valence-corrected chi connectivity index (χ2v) is 7.39. The van der Waals surface area contributed by atoms with Gasteiger partial charge in [-0.2, -0.15) is 0 Å². The highest BCUT2D eigenvalue weighted by Gasteiger charge is 2.00. The van der Waals surface area contributed by atoms with Gasteiger partial charge in [0, 0.05) is 11.1 Å². The number of methoxy groups -OCH3 is 2. The molecule has 0 aliphatic heterocycles. The van der Waals surface area contributed by atoms with Crippen molar-refractivity contribution in [2.75, 3.05) is 14.2 Å². The van der Waals surface area contributed by atoms with Crippen LogP contribution in [-0.2, 0) is 0 Å². The lowest BCUT2D eigenvalue weighted by molar-refractivity contribution is 0.414. The fourth-order valence-corrected chi connectivity index (χ4v) is 3.55. The maximum absolute atomic E-state index is 5.41. The minimum absolute atomic E-state index is 0.875. The Bertz CT molecular complexity index is 1120. The van der Waals surface area contributed by atoms with E-state index in [0.717, 1.165) is 33.8 Å². The minimum atomic E-state index is 0.875. The molecule has 0 aliphatic carbocycles. The molecule has 4 rings (SSSR count). The summed E-state index contributed by atoms with van der Waals surface area (Å²) in [6.07, 6.45) is 8.37. The maximum atomic E-state index is 5.41. The summed E-state index contributed by atoms with van der Waals surface area (Å²) < 4.78 is 10.8. The van der Waals surface area contributed by atoms with Crippen LogP contribution >= 0.6 is 0 Å². The van der Waals surface area contributed by atoms with E-state index >= 15 is 0 Å². The Morgan fingerprint density at radius 2 is 0.812 bits per heavy atom. The lowest BCUT2D eigenvalue weighted by atomic mass is 10.0. The van der Waals surface area contributed by atoms with Crippen molar-refractivity contribution in [2.45, 2.75) is 0 Å². The molecule has 0 aliphatic rings. The van der Waals surface area contributed by atoms with Crippen molar-refractivity contribution in [1.29, 1.82) is 0 Å². The quantitative estimate of drug-likeness (QED) is 0.286. The molecule has 4 aromatic rings. The molecule has 0 amide bonds. The van der Waals surface area contributed by atoms with Gasteiger partial charge in [-0.15, -0.1) is 0 Å². The molecular formula is C30H26O2. The van der Waals surface area contributed by atoms with Crippen LogP contribution < -0.4 is 9.47 Å². The number of benzene rings is 4. The van der Waals surface area contributed by atoms with E-state index in [2.05, 4.69) is 72.8 Å². The molecule has 0 spiro atoms. The van der Waals surface area contributed by atoms with Gasteiger partial charge in [0.05, 0.1) is 14.2 Å². The standard InChI is InChI=1S/C30H26O2/c1-31-29-9-5-3-7-27(29)21-15-23-11-17-25(18-12-23)26-19-13-24(14-20-26)16-22-28-8-4-6-10-30(28)32-2/h3-22H,1-2H3/b21-15+,22-16?. The van der Waals surface area contributed by atoms with Gasteiger partial charge in [-0.05, 0) is 34.4 Å². The molecule has 4 aromatic carbocycles. The first-order valence-electron chi connectivity index (χ1n) is 10.6. The summed E-state index contributed by atoms with van der Waals surface area (Å²) in [4.78, 5) is 0. The number of rotatable bonds is 7. The second-order valence-electron chi connectivity index (χ2n) is 7.39. The molecule has 0 saturated carbocycles. The van der Waals surface area contributed by atoms with E-state index in [9.17, 15) is 0 Å². The Balaban J connectivity index is 1.45. The highest BCUT2D eigenvalue weighted by Crippen LogP contribution is 2.24. The van der Waals surface area contributed by atoms with Crippen LogP contribution in [0.2, 0.25) is 0 Å². The van der Waals surface area contributed by atoms with E-state index in [1.54, 1.807) is 14.2 Å². The molecule has 0 radical (unpaired) electrons. The predicted octanol–water partition coefficient (Wildman–Crippen LogP) is 7.71. The Morgan fingerprint density at radius 3 is 1.19 bits per heavy atom. The van der Waals surface area contributed by atoms with Gasteiger partial charge in [-0.3, -0.25) is 0 Å². The summed E-state index contributed by atoms with van der Waals surface area (Å²) in [5, 5.41) is 0. The van der Waals surface area contributed by atoms with E-state index in [0.29, 0.717) is 0 Å². The number of hydrogen-bond donors (Lipinski definition) is 0. The predicted molar refractivity (Wildman–Crippen MR) is 136 cm³/mol. The average molecular weight is 419 g/mol. The zero-order chi connectivity index (χ0) is 22.2. The van der Waals surface area contributed by atoms with Crippen LogP contribution in [-0.4, -0.2) is 14.2 Å². The molecule has 0 unspecified atom stereocenters. The lowest BCUT2D eigenvalue weighted by Crippen LogP contribution is -1.85. The van der Waals surface area contributed by atoms with Gasteiger partial charge in [0.2, 0.25) is 0 Å². The van der Waals surface area contributed by atoms with Crippen molar-refractivity contribution in [1.82, 2.24) is 0 Å². The van der Waals surface area contributed by atoms with Crippen molar-refractivity contribution >= 4 is 24.3 Å². The van der Waals surface area contributed by atoms with Gasteiger partial charge < -0.3 is 9.47 Å². The van der Waals surface area contributed by atoms with Crippen LogP contribution in [0.5, 0.6) is 11.5 Å². The Kier molecular flexibility index (Phi) is 6.84. The third-order valence-electron chi connectivity index (χ3n) is 5.34. The molecule has 0 saturated heterocycles. The van der Waals surface area contributed by atoms with E-state index in [1.165, 1.54) is 11.1 Å². The van der Waals surface area contributed by atoms with Crippen LogP contribution in [0, 0.1) is 0 Å². The monoisotopic (exact) mass is 418 g/mol. The third-order valence-corrected chi connectivity index (χ3v) is 5.34. The third kappa shape index (κ3) is 5.16. The molecule has 0 heterocycles. The van der Waals surface area contributed by atoms with Gasteiger partial charge in [0.15, 0.2) is 0 Å². The molecule has 32 heavy (non-hydrogen) atoms. The zero-order valence-corrected chi connectivity index (χ0v) is 18.4. The first-order chi connectivity index (χ1) is 15.8. The molecule has 2 nitrogen and oxygen atoms in total. The first-order valence-corrected chi connectivity index (χ1v) is 10.6. The molecule has 0 atom stereocenters. The summed E-state index contributed by atoms with van der Waals surface area (Å²) in [6, 6.07) is 33.2. The van der Waals surface area contributed by atoms with Gasteiger partial charge in [0.1, 0.15) is 11.5 Å². The minimum Gasteiger partial charge on any atom is -0.496 e. The van der Waals surface area contributed by atoms with E-state index in [1.807, 2.05) is 48.5 Å². The average Bonchev–Trinajstić information content (AvgIpc) is 2.87. The fraction of sp³-hybridized carbons (Fsp3) is 0.0667. The Hall–Kier alpha value is -4.04. The molecular weight excluding hydrogens is 392 g/mol. The van der Waals surface area contributed by atoms with Crippen molar-refractivity contribution in [3.05, 3.63) is 119 Å². The normalized spacial score (nSPS) is 11.2. The molecule has 0 aromatic heterocycles. The molecule has 0 fully saturated rings. The van der Waals surface area contributed by atoms with Gasteiger partial charge in [-0.25, -0.2) is 0 Å². The summed E-state index contributed by atoms with van der Waals surface area (Å²) in [6.45, 7) is 0. The van der Waals surface area contributed by atoms with Crippen molar-refractivity contribution in [2.24, 2.45) is 0 Å². The Labute approximate surface area is 190 Å². The van der Waals surface area contributed by atoms with E-state index < -0.39 is 0 Å². The smallest absolute Gasteiger partial charge is 0.126 e. The largest absolute Gasteiger partial charge is 0.496 e. The highest BCUT2D eigenvalue weighted by molar-refractivity contribution is 5.76. The molecule has 158 valence electrons. The topological polar surface area (TPSA) is 18.5 Å². The van der Waals surface area contributed by atoms with E-state index in [-0.39, 0.29) is 0 Å². The Morgan fingerprint density at radius 1 is 0.438 bits per heavy atom. The zero-order valence-electron chi connectivity index (χ0n) is 18.4. The van der Waals surface area contributed by atoms with E-state index in [4.69, 9.17) is 9.47 Å². The lowest BCUT2D eigenvalue weighted by Gasteiger charge is -2.05. The van der Waals surface area contributed by atoms with Crippen LogP contribution in [0.15, 0.2) is 97.1 Å². The highest BCUT2D eigenvalue weighted by atomic mass is 16.5. The summed E-state index contributed by atoms with van der Waals surface area (Å²) in [5.41, 5.74) is 6.82. The fourth-order valence-electron chi connectivity index (χ4n) is 3.55. The number of para-hydroxylation sites is 2. The number of hydrogen-bond acceptors (Lipinski definition) is 2. The number of ether oxygens (including phenoxy) is 2. The first kappa shape index (κ1) is 21.2. The maximum Gasteiger partial charge on any atom is 0.126 e. The van der Waals surface area contributed by atoms with Crippen molar-refractivity contribution < 1.29 is 9.47 Å². The summed E-state index contributed by atoms with van der Waals surface area (Å²) in [5.74, 6) is 1.75. The van der Waals surface area contributed by atoms with Crippen LogP contribution in [0.1, 0.15) is 22.3 Å². The van der Waals surface area contributed by atoms with Crippen molar-refractivity contribution in [3.63, 3.8) is 0 Å². The van der Waals surface area contributed by atoms with Crippen LogP contribution in [0.25, 0.3) is 35.4 Å². The van der Waals surface area contributed by atoms with Crippen molar-refractivity contribution in [3.8, 4) is 22.6 Å². The van der Waals surface area contributed by atoms with Crippen LogP contribution in [0.4, 0.5) is 0 Å². The second kappa shape index (κ2) is 10.3. The van der Waals surface area contributed by atoms with Gasteiger partial charge in [0.25, 0.3) is 0 Å². The van der Waals surface area contributed by atoms with Crippen LogP contribution in [0.3, 0.4) is 0 Å². The summed E-state index contributed by atoms with van der Waals surface area (Å²) in [7, 11) is 3.39. The van der Waals surface area contributed by atoms with Gasteiger partial charge >= 0.3 is 0 Å². The summed E-state index contributed by atoms with van der Waals surface area (Å²) >= 11 is 0. The molecule has 0 bridgehead atoms. The molecule has 0 N–H and O–H groups in total. The van der Waals surface area contributed by atoms with Gasteiger partial charge in [-0.1, -0.05) is 109 Å². The molecule has 2 heteroatoms. The SMILES string of the molecule is COc1ccccc1C=Cc1ccc(-c2ccc(/C=C/c3ccccc3OC)cc2)cc1.